The van der Waals surface area contributed by atoms with Gasteiger partial charge >= 0.3 is 0 Å². The van der Waals surface area contributed by atoms with Crippen LogP contribution >= 0.6 is 0 Å². The van der Waals surface area contributed by atoms with Gasteiger partial charge in [0.1, 0.15) is 5.60 Å². The van der Waals surface area contributed by atoms with Crippen LogP contribution in [0.15, 0.2) is 4.52 Å². The van der Waals surface area contributed by atoms with Crippen molar-refractivity contribution in [3.05, 3.63) is 11.7 Å². The molecule has 1 unspecified atom stereocenters. The minimum atomic E-state index is -0.513. The number of methoxy groups -OCH3 is 1. The summed E-state index contributed by atoms with van der Waals surface area (Å²) in [6, 6.07) is -0.426. The molecule has 6 nitrogen and oxygen atoms in total. The van der Waals surface area contributed by atoms with Gasteiger partial charge in [0.15, 0.2) is 0 Å². The molecule has 0 saturated carbocycles. The molecule has 0 aromatic carbocycles. The molecule has 0 bridgehead atoms. The number of nitrogens with zero attached hydrogens (tertiary/aromatic N) is 2. The Labute approximate surface area is 101 Å². The lowest BCUT2D eigenvalue weighted by Crippen LogP contribution is -2.28. The van der Waals surface area contributed by atoms with Gasteiger partial charge in [-0.05, 0) is 19.3 Å². The molecule has 0 aliphatic heterocycles. The van der Waals surface area contributed by atoms with Gasteiger partial charge in [-0.15, -0.1) is 0 Å². The third-order valence-corrected chi connectivity index (χ3v) is 3.14. The summed E-state index contributed by atoms with van der Waals surface area (Å²) in [4.78, 5) is 4.27. The molecule has 1 aromatic rings. The molecule has 0 fully saturated rings. The molecule has 0 amide bonds. The maximum absolute atomic E-state index is 8.81. The van der Waals surface area contributed by atoms with E-state index in [-0.39, 0.29) is 6.61 Å². The molecular formula is C11H21N3O3. The summed E-state index contributed by atoms with van der Waals surface area (Å²) in [5.74, 6) is 0.866. The quantitative estimate of drug-likeness (QED) is 0.745. The fourth-order valence-electron chi connectivity index (χ4n) is 1.78. The van der Waals surface area contributed by atoms with Crippen LogP contribution in [-0.2, 0) is 10.3 Å². The summed E-state index contributed by atoms with van der Waals surface area (Å²) < 4.78 is 10.6. The molecule has 3 N–H and O–H groups in total. The zero-order valence-electron chi connectivity index (χ0n) is 10.6. The predicted molar refractivity (Wildman–Crippen MR) is 62.2 cm³/mol. The van der Waals surface area contributed by atoms with Gasteiger partial charge in [0.05, 0.1) is 6.04 Å². The average molecular weight is 243 g/mol. The van der Waals surface area contributed by atoms with Crippen molar-refractivity contribution in [3.63, 3.8) is 0 Å². The van der Waals surface area contributed by atoms with Gasteiger partial charge in [-0.2, -0.15) is 4.98 Å². The van der Waals surface area contributed by atoms with Crippen LogP contribution in [-0.4, -0.2) is 29.0 Å². The zero-order valence-corrected chi connectivity index (χ0v) is 10.6. The fraction of sp³-hybridized carbons (Fsp3) is 0.818. The van der Waals surface area contributed by atoms with Gasteiger partial charge in [-0.25, -0.2) is 0 Å². The first-order valence-corrected chi connectivity index (χ1v) is 5.89. The van der Waals surface area contributed by atoms with Crippen molar-refractivity contribution in [2.24, 2.45) is 5.73 Å². The summed E-state index contributed by atoms with van der Waals surface area (Å²) in [7, 11) is 1.64. The summed E-state index contributed by atoms with van der Waals surface area (Å²) in [6.45, 7) is 4.02. The van der Waals surface area contributed by atoms with E-state index < -0.39 is 11.6 Å². The van der Waals surface area contributed by atoms with E-state index in [0.717, 1.165) is 12.8 Å². The molecule has 1 aromatic heterocycles. The number of nitrogens with two attached hydrogens (primary N) is 1. The number of rotatable bonds is 7. The lowest BCUT2D eigenvalue weighted by atomic mass is 9.96. The molecule has 17 heavy (non-hydrogen) atoms. The fourth-order valence-corrected chi connectivity index (χ4v) is 1.78. The van der Waals surface area contributed by atoms with Gasteiger partial charge in [-0.3, -0.25) is 0 Å². The van der Waals surface area contributed by atoms with Crippen LogP contribution in [0.3, 0.4) is 0 Å². The first kappa shape index (κ1) is 14.1. The van der Waals surface area contributed by atoms with Crippen molar-refractivity contribution in [2.45, 2.75) is 44.8 Å². The van der Waals surface area contributed by atoms with Gasteiger partial charge in [0.25, 0.3) is 0 Å². The second-order valence-electron chi connectivity index (χ2n) is 3.98. The highest BCUT2D eigenvalue weighted by Crippen LogP contribution is 2.30. The van der Waals surface area contributed by atoms with Gasteiger partial charge in [-0.1, -0.05) is 19.0 Å². The average Bonchev–Trinajstić information content (AvgIpc) is 2.83. The Morgan fingerprint density at radius 3 is 2.59 bits per heavy atom. The normalized spacial score (nSPS) is 13.9. The van der Waals surface area contributed by atoms with Gasteiger partial charge < -0.3 is 20.1 Å². The number of aliphatic hydroxyl groups is 1. The minimum Gasteiger partial charge on any atom is -0.396 e. The van der Waals surface area contributed by atoms with Crippen LogP contribution in [0.5, 0.6) is 0 Å². The van der Waals surface area contributed by atoms with E-state index in [0.29, 0.717) is 18.1 Å². The summed E-state index contributed by atoms with van der Waals surface area (Å²) in [5, 5.41) is 12.7. The monoisotopic (exact) mass is 243 g/mol. The van der Waals surface area contributed by atoms with E-state index in [2.05, 4.69) is 10.1 Å². The van der Waals surface area contributed by atoms with Gasteiger partial charge in [0.2, 0.25) is 11.7 Å². The topological polar surface area (TPSA) is 94.4 Å². The van der Waals surface area contributed by atoms with Crippen LogP contribution < -0.4 is 5.73 Å². The largest absolute Gasteiger partial charge is 0.396 e. The highest BCUT2D eigenvalue weighted by Gasteiger charge is 2.34. The van der Waals surface area contributed by atoms with Crippen molar-refractivity contribution in [3.8, 4) is 0 Å². The lowest BCUT2D eigenvalue weighted by Gasteiger charge is -2.25. The van der Waals surface area contributed by atoms with Crippen LogP contribution in [0.25, 0.3) is 0 Å². The van der Waals surface area contributed by atoms with Crippen LogP contribution in [0.1, 0.15) is 50.9 Å². The smallest absolute Gasteiger partial charge is 0.243 e. The second-order valence-corrected chi connectivity index (χ2v) is 3.98. The van der Waals surface area contributed by atoms with Crippen molar-refractivity contribution >= 4 is 0 Å². The van der Waals surface area contributed by atoms with Gasteiger partial charge in [0, 0.05) is 13.7 Å². The second kappa shape index (κ2) is 6.09. The van der Waals surface area contributed by atoms with E-state index in [1.54, 1.807) is 7.11 Å². The van der Waals surface area contributed by atoms with Crippen molar-refractivity contribution in [1.82, 2.24) is 10.1 Å². The Bertz CT molecular complexity index is 328. The molecule has 0 spiro atoms. The number of aromatic nitrogens is 2. The lowest BCUT2D eigenvalue weighted by molar-refractivity contribution is -0.0306. The Balaban J connectivity index is 2.92. The maximum atomic E-state index is 8.81. The van der Waals surface area contributed by atoms with E-state index in [9.17, 15) is 0 Å². The number of aliphatic hydroxyl groups excluding tert-OH is 1. The first-order chi connectivity index (χ1) is 8.13. The third kappa shape index (κ3) is 2.83. The molecule has 0 aliphatic carbocycles. The molecule has 6 heteroatoms. The molecule has 0 radical (unpaired) electrons. The van der Waals surface area contributed by atoms with Crippen molar-refractivity contribution < 1.29 is 14.4 Å². The molecular weight excluding hydrogens is 222 g/mol. The van der Waals surface area contributed by atoms with Crippen LogP contribution in [0, 0.1) is 0 Å². The molecule has 0 saturated heterocycles. The SMILES string of the molecule is CCC(CC)(OC)c1noc(C(N)CCO)n1. The van der Waals surface area contributed by atoms with Crippen LogP contribution in [0.4, 0.5) is 0 Å². The number of hydrogen-bond acceptors (Lipinski definition) is 6. The highest BCUT2D eigenvalue weighted by atomic mass is 16.5. The highest BCUT2D eigenvalue weighted by molar-refractivity contribution is 5.02. The predicted octanol–water partition coefficient (Wildman–Crippen LogP) is 1.11. The maximum Gasteiger partial charge on any atom is 0.243 e. The number of hydrogen-bond donors (Lipinski definition) is 2. The standard InChI is InChI=1S/C11H21N3O3/c1-4-11(5-2,16-3)10-13-9(17-14-10)8(12)6-7-15/h8,15H,4-7,12H2,1-3H3. The van der Waals surface area contributed by atoms with E-state index in [1.807, 2.05) is 13.8 Å². The molecule has 1 atom stereocenters. The summed E-state index contributed by atoms with van der Waals surface area (Å²) in [6.07, 6.45) is 1.92. The minimum absolute atomic E-state index is 0.00411. The summed E-state index contributed by atoms with van der Waals surface area (Å²) >= 11 is 0. The van der Waals surface area contributed by atoms with E-state index >= 15 is 0 Å². The summed E-state index contributed by atoms with van der Waals surface area (Å²) in [5.41, 5.74) is 5.28. The molecule has 1 rings (SSSR count). The molecule has 1 heterocycles. The zero-order chi connectivity index (χ0) is 12.9. The Morgan fingerprint density at radius 2 is 2.12 bits per heavy atom. The molecule has 98 valence electrons. The van der Waals surface area contributed by atoms with Crippen LogP contribution in [0.2, 0.25) is 0 Å². The molecule has 0 aliphatic rings. The van der Waals surface area contributed by atoms with E-state index in [1.165, 1.54) is 0 Å². The first-order valence-electron chi connectivity index (χ1n) is 5.89. The van der Waals surface area contributed by atoms with E-state index in [4.69, 9.17) is 20.1 Å². The third-order valence-electron chi connectivity index (χ3n) is 3.14. The Hall–Kier alpha value is -0.980. The van der Waals surface area contributed by atoms with Crippen molar-refractivity contribution in [2.75, 3.05) is 13.7 Å². The number of ether oxygens (including phenoxy) is 1. The Morgan fingerprint density at radius 1 is 1.47 bits per heavy atom. The Kier molecular flexibility index (Phi) is 5.04. The van der Waals surface area contributed by atoms with Crippen molar-refractivity contribution in [1.29, 1.82) is 0 Å².